The van der Waals surface area contributed by atoms with Gasteiger partial charge in [-0.25, -0.2) is 9.97 Å². The normalized spacial score (nSPS) is 18.9. The minimum absolute atomic E-state index is 0.474. The molecule has 0 atom stereocenters. The molecule has 0 bridgehead atoms. The third-order valence-corrected chi connectivity index (χ3v) is 3.66. The van der Waals surface area contributed by atoms with Gasteiger partial charge in [-0.3, -0.25) is 0 Å². The fourth-order valence-electron chi connectivity index (χ4n) is 2.41. The number of hydrogen-bond donors (Lipinski definition) is 0. The molecule has 1 aliphatic heterocycles. The zero-order chi connectivity index (χ0) is 12.4. The molecule has 1 aliphatic rings. The van der Waals surface area contributed by atoms with Crippen LogP contribution in [0.2, 0.25) is 5.15 Å². The molecule has 0 aliphatic carbocycles. The van der Waals surface area contributed by atoms with Crippen LogP contribution >= 0.6 is 11.6 Å². The maximum absolute atomic E-state index is 5.99. The van der Waals surface area contributed by atoms with E-state index in [1.165, 1.54) is 0 Å². The third-order valence-electron chi connectivity index (χ3n) is 3.47. The molecule has 2 heterocycles. The largest absolute Gasteiger partial charge is 0.301 e. The molecule has 0 saturated carbocycles. The Morgan fingerprint density at radius 2 is 1.94 bits per heavy atom. The molecule has 0 aromatic carbocycles. The molecular formula is C13H20ClN3. The number of halogens is 1. The van der Waals surface area contributed by atoms with Gasteiger partial charge in [-0.05, 0) is 52.8 Å². The fraction of sp³-hybridized carbons (Fsp3) is 0.692. The highest BCUT2D eigenvalue weighted by molar-refractivity contribution is 6.29. The van der Waals surface area contributed by atoms with Crippen LogP contribution in [0.3, 0.4) is 0 Å². The molecule has 3 nitrogen and oxygen atoms in total. The number of rotatable bonds is 2. The monoisotopic (exact) mass is 253 g/mol. The second-order valence-corrected chi connectivity index (χ2v) is 5.48. The fourth-order valence-corrected chi connectivity index (χ4v) is 2.65. The van der Waals surface area contributed by atoms with Gasteiger partial charge in [-0.15, -0.1) is 0 Å². The van der Waals surface area contributed by atoms with E-state index in [4.69, 9.17) is 11.6 Å². The maximum atomic E-state index is 5.99. The first-order valence-corrected chi connectivity index (χ1v) is 6.69. The summed E-state index contributed by atoms with van der Waals surface area (Å²) in [7, 11) is 0. The number of hydrogen-bond acceptors (Lipinski definition) is 3. The van der Waals surface area contributed by atoms with Gasteiger partial charge in [-0.2, -0.15) is 0 Å². The molecule has 0 N–H and O–H groups in total. The van der Waals surface area contributed by atoms with Crippen LogP contribution in [0.15, 0.2) is 6.07 Å². The van der Waals surface area contributed by atoms with Crippen molar-refractivity contribution in [3.63, 3.8) is 0 Å². The van der Waals surface area contributed by atoms with Crippen molar-refractivity contribution in [3.8, 4) is 0 Å². The quantitative estimate of drug-likeness (QED) is 0.759. The van der Waals surface area contributed by atoms with Gasteiger partial charge < -0.3 is 4.90 Å². The van der Waals surface area contributed by atoms with Gasteiger partial charge in [0.2, 0.25) is 0 Å². The Morgan fingerprint density at radius 3 is 2.47 bits per heavy atom. The molecule has 1 saturated heterocycles. The Hall–Kier alpha value is -0.670. The van der Waals surface area contributed by atoms with E-state index in [1.807, 2.05) is 13.0 Å². The predicted octanol–water partition coefficient (Wildman–Crippen LogP) is 3.03. The van der Waals surface area contributed by atoms with Crippen LogP contribution in [-0.4, -0.2) is 34.0 Å². The smallest absolute Gasteiger partial charge is 0.133 e. The minimum Gasteiger partial charge on any atom is -0.301 e. The van der Waals surface area contributed by atoms with E-state index in [-0.39, 0.29) is 0 Å². The molecule has 4 heteroatoms. The number of nitrogens with zero attached hydrogens (tertiary/aromatic N) is 3. The number of likely N-dealkylation sites (tertiary alicyclic amines) is 1. The lowest BCUT2D eigenvalue weighted by atomic mass is 9.95. The molecule has 0 unspecified atom stereocenters. The highest BCUT2D eigenvalue weighted by Crippen LogP contribution is 2.27. The Balaban J connectivity index is 2.05. The van der Waals surface area contributed by atoms with Crippen molar-refractivity contribution in [2.24, 2.45) is 0 Å². The summed E-state index contributed by atoms with van der Waals surface area (Å²) in [4.78, 5) is 11.4. The molecule has 0 radical (unpaired) electrons. The van der Waals surface area contributed by atoms with Gasteiger partial charge in [0.25, 0.3) is 0 Å². The summed E-state index contributed by atoms with van der Waals surface area (Å²) in [5, 5.41) is 0.568. The molecule has 0 amide bonds. The van der Waals surface area contributed by atoms with E-state index in [0.717, 1.165) is 37.4 Å². The van der Waals surface area contributed by atoms with Gasteiger partial charge in [0.15, 0.2) is 0 Å². The summed E-state index contributed by atoms with van der Waals surface area (Å²) in [6.45, 7) is 8.75. The maximum Gasteiger partial charge on any atom is 0.133 e. The Bertz CT molecular complexity index is 364. The number of aromatic nitrogens is 2. The van der Waals surface area contributed by atoms with Gasteiger partial charge >= 0.3 is 0 Å². The Morgan fingerprint density at radius 1 is 1.29 bits per heavy atom. The second-order valence-electron chi connectivity index (χ2n) is 5.09. The molecule has 1 aromatic heterocycles. The first-order valence-electron chi connectivity index (χ1n) is 6.31. The van der Waals surface area contributed by atoms with Crippen molar-refractivity contribution in [1.29, 1.82) is 0 Å². The topological polar surface area (TPSA) is 29.0 Å². The molecular weight excluding hydrogens is 234 g/mol. The minimum atomic E-state index is 0.474. The summed E-state index contributed by atoms with van der Waals surface area (Å²) in [5.74, 6) is 1.40. The van der Waals surface area contributed by atoms with E-state index < -0.39 is 0 Å². The molecule has 0 spiro atoms. The highest BCUT2D eigenvalue weighted by Gasteiger charge is 2.24. The first kappa shape index (κ1) is 12.8. The van der Waals surface area contributed by atoms with E-state index in [1.54, 1.807) is 0 Å². The zero-order valence-electron chi connectivity index (χ0n) is 10.8. The van der Waals surface area contributed by atoms with Crippen LogP contribution in [0.5, 0.6) is 0 Å². The number of piperidine rings is 1. The van der Waals surface area contributed by atoms with E-state index in [9.17, 15) is 0 Å². The van der Waals surface area contributed by atoms with Crippen LogP contribution in [-0.2, 0) is 0 Å². The summed E-state index contributed by atoms with van der Waals surface area (Å²) in [5.41, 5.74) is 0.964. The van der Waals surface area contributed by atoms with Gasteiger partial charge in [0.05, 0.1) is 0 Å². The van der Waals surface area contributed by atoms with E-state index in [0.29, 0.717) is 17.1 Å². The molecule has 1 aromatic rings. The Labute approximate surface area is 108 Å². The highest BCUT2D eigenvalue weighted by atomic mass is 35.5. The van der Waals surface area contributed by atoms with Crippen molar-refractivity contribution in [2.45, 2.75) is 45.6 Å². The van der Waals surface area contributed by atoms with Crippen molar-refractivity contribution < 1.29 is 0 Å². The summed E-state index contributed by atoms with van der Waals surface area (Å²) in [6.07, 6.45) is 2.27. The summed E-state index contributed by atoms with van der Waals surface area (Å²) in [6, 6.07) is 2.45. The third kappa shape index (κ3) is 3.17. The zero-order valence-corrected chi connectivity index (χ0v) is 11.5. The van der Waals surface area contributed by atoms with Crippen molar-refractivity contribution in [2.75, 3.05) is 13.1 Å². The van der Waals surface area contributed by atoms with E-state index >= 15 is 0 Å². The molecule has 2 rings (SSSR count). The van der Waals surface area contributed by atoms with E-state index in [2.05, 4.69) is 28.7 Å². The van der Waals surface area contributed by atoms with Gasteiger partial charge in [-0.1, -0.05) is 11.6 Å². The SMILES string of the molecule is Cc1cc(Cl)nc(C2CCN(C(C)C)CC2)n1. The summed E-state index contributed by atoms with van der Waals surface area (Å²) >= 11 is 5.99. The molecule has 1 fully saturated rings. The number of aryl methyl sites for hydroxylation is 1. The van der Waals surface area contributed by atoms with Crippen molar-refractivity contribution in [1.82, 2.24) is 14.9 Å². The van der Waals surface area contributed by atoms with Crippen LogP contribution in [0.4, 0.5) is 0 Å². The van der Waals surface area contributed by atoms with Crippen LogP contribution in [0.25, 0.3) is 0 Å². The van der Waals surface area contributed by atoms with Crippen molar-refractivity contribution in [3.05, 3.63) is 22.7 Å². The van der Waals surface area contributed by atoms with Crippen LogP contribution < -0.4 is 0 Å². The van der Waals surface area contributed by atoms with Crippen LogP contribution in [0, 0.1) is 6.92 Å². The average Bonchev–Trinajstić information content (AvgIpc) is 2.28. The molecule has 17 heavy (non-hydrogen) atoms. The Kier molecular flexibility index (Phi) is 4.00. The van der Waals surface area contributed by atoms with Gasteiger partial charge in [0.1, 0.15) is 11.0 Å². The van der Waals surface area contributed by atoms with Crippen LogP contribution in [0.1, 0.15) is 44.1 Å². The van der Waals surface area contributed by atoms with Gasteiger partial charge in [0, 0.05) is 17.7 Å². The average molecular weight is 254 g/mol. The lowest BCUT2D eigenvalue weighted by Gasteiger charge is -2.34. The lowest BCUT2D eigenvalue weighted by molar-refractivity contribution is 0.169. The predicted molar refractivity (Wildman–Crippen MR) is 70.5 cm³/mol. The van der Waals surface area contributed by atoms with Crippen molar-refractivity contribution >= 4 is 11.6 Å². The lowest BCUT2D eigenvalue weighted by Crippen LogP contribution is -2.38. The first-order chi connectivity index (χ1) is 8.06. The second kappa shape index (κ2) is 5.32. The summed E-state index contributed by atoms with van der Waals surface area (Å²) < 4.78 is 0. The molecule has 94 valence electrons. The standard InChI is InChI=1S/C13H20ClN3/c1-9(2)17-6-4-11(5-7-17)13-15-10(3)8-12(14)16-13/h8-9,11H,4-7H2,1-3H3.